The summed E-state index contributed by atoms with van der Waals surface area (Å²) in [7, 11) is 0. The van der Waals surface area contributed by atoms with E-state index in [1.165, 1.54) is 4.73 Å². The van der Waals surface area contributed by atoms with Gasteiger partial charge in [0.15, 0.2) is 0 Å². The van der Waals surface area contributed by atoms with Crippen molar-refractivity contribution in [3.8, 4) is 0 Å². The number of rotatable bonds is 3. The van der Waals surface area contributed by atoms with Gasteiger partial charge in [-0.1, -0.05) is 18.2 Å². The summed E-state index contributed by atoms with van der Waals surface area (Å²) >= 11 is 0. The summed E-state index contributed by atoms with van der Waals surface area (Å²) in [6.45, 7) is 2.35. The third-order valence-electron chi connectivity index (χ3n) is 2.18. The van der Waals surface area contributed by atoms with Crippen LogP contribution in [0.25, 0.3) is 10.9 Å². The molecule has 1 heterocycles. The quantitative estimate of drug-likeness (QED) is 0.816. The summed E-state index contributed by atoms with van der Waals surface area (Å²) < 4.78 is 1.48. The molecule has 0 aliphatic carbocycles. The van der Waals surface area contributed by atoms with E-state index in [0.717, 1.165) is 10.9 Å². The smallest absolute Gasteiger partial charge is 0.268 e. The van der Waals surface area contributed by atoms with Crippen LogP contribution in [-0.4, -0.2) is 17.2 Å². The van der Waals surface area contributed by atoms with E-state index < -0.39 is 5.91 Å². The first-order valence-corrected chi connectivity index (χ1v) is 4.77. The van der Waals surface area contributed by atoms with Gasteiger partial charge in [-0.3, -0.25) is 4.79 Å². The van der Waals surface area contributed by atoms with Gasteiger partial charge in [-0.05, 0) is 19.1 Å². The van der Waals surface area contributed by atoms with E-state index in [2.05, 4.69) is 0 Å². The molecule has 2 N–H and O–H groups in total. The van der Waals surface area contributed by atoms with E-state index in [1.54, 1.807) is 6.07 Å². The van der Waals surface area contributed by atoms with Crippen molar-refractivity contribution in [1.82, 2.24) is 4.73 Å². The summed E-state index contributed by atoms with van der Waals surface area (Å²) in [5.74, 6) is -0.486. The van der Waals surface area contributed by atoms with E-state index >= 15 is 0 Å². The van der Waals surface area contributed by atoms with Crippen LogP contribution in [0.15, 0.2) is 30.3 Å². The van der Waals surface area contributed by atoms with Crippen molar-refractivity contribution < 1.29 is 9.63 Å². The molecule has 0 atom stereocenters. The van der Waals surface area contributed by atoms with Crippen LogP contribution in [0.5, 0.6) is 0 Å². The van der Waals surface area contributed by atoms with Crippen LogP contribution in [0, 0.1) is 0 Å². The number of amides is 1. The second-order valence-corrected chi connectivity index (χ2v) is 3.16. The minimum Gasteiger partial charge on any atom is -0.413 e. The van der Waals surface area contributed by atoms with E-state index in [4.69, 9.17) is 10.6 Å². The molecule has 0 unspecified atom stereocenters. The Balaban J connectivity index is 2.68. The number of fused-ring (bicyclic) bond motifs is 1. The largest absolute Gasteiger partial charge is 0.413 e. The maximum absolute atomic E-state index is 11.2. The first kappa shape index (κ1) is 9.58. The predicted octanol–water partition coefficient (Wildman–Crippen LogP) is 1.19. The molecule has 0 aliphatic rings. The molecule has 78 valence electrons. The lowest BCUT2D eigenvalue weighted by Crippen LogP contribution is -2.21. The van der Waals surface area contributed by atoms with Crippen molar-refractivity contribution in [3.05, 3.63) is 36.0 Å². The molecule has 0 saturated carbocycles. The molecule has 4 nitrogen and oxygen atoms in total. The number of carbonyl (C=O) groups is 1. The van der Waals surface area contributed by atoms with Crippen LogP contribution >= 0.6 is 0 Å². The third-order valence-corrected chi connectivity index (χ3v) is 2.18. The molecule has 1 aromatic heterocycles. The molecular formula is C11H12N2O2. The van der Waals surface area contributed by atoms with Gasteiger partial charge in [0.25, 0.3) is 5.91 Å². The summed E-state index contributed by atoms with van der Waals surface area (Å²) in [6, 6.07) is 9.33. The van der Waals surface area contributed by atoms with Crippen LogP contribution in [0.4, 0.5) is 0 Å². The molecule has 0 bridgehead atoms. The lowest BCUT2D eigenvalue weighted by Gasteiger charge is -2.07. The minimum absolute atomic E-state index is 0.373. The van der Waals surface area contributed by atoms with Gasteiger partial charge in [0.1, 0.15) is 12.3 Å². The fourth-order valence-corrected chi connectivity index (χ4v) is 1.57. The Bertz CT molecular complexity index is 502. The lowest BCUT2D eigenvalue weighted by atomic mass is 10.2. The normalized spacial score (nSPS) is 10.5. The van der Waals surface area contributed by atoms with Crippen molar-refractivity contribution in [1.29, 1.82) is 0 Å². The van der Waals surface area contributed by atoms with Crippen molar-refractivity contribution in [2.24, 2.45) is 5.73 Å². The Morgan fingerprint density at radius 2 is 2.20 bits per heavy atom. The highest BCUT2D eigenvalue weighted by molar-refractivity contribution is 5.97. The highest BCUT2D eigenvalue weighted by atomic mass is 16.7. The Kier molecular flexibility index (Phi) is 2.33. The van der Waals surface area contributed by atoms with Gasteiger partial charge in [0, 0.05) is 5.39 Å². The average Bonchev–Trinajstić information content (AvgIpc) is 2.58. The molecule has 2 aromatic rings. The zero-order chi connectivity index (χ0) is 10.8. The van der Waals surface area contributed by atoms with Gasteiger partial charge in [-0.25, -0.2) is 0 Å². The Labute approximate surface area is 87.2 Å². The number of primary amides is 1. The predicted molar refractivity (Wildman–Crippen MR) is 57.6 cm³/mol. The fraction of sp³-hybridized carbons (Fsp3) is 0.182. The topological polar surface area (TPSA) is 57.2 Å². The first-order chi connectivity index (χ1) is 7.24. The second kappa shape index (κ2) is 3.65. The Morgan fingerprint density at radius 3 is 2.87 bits per heavy atom. The van der Waals surface area contributed by atoms with Crippen molar-refractivity contribution in [3.63, 3.8) is 0 Å². The zero-order valence-corrected chi connectivity index (χ0v) is 8.43. The first-order valence-electron chi connectivity index (χ1n) is 4.77. The monoisotopic (exact) mass is 204 g/mol. The molecule has 0 saturated heterocycles. The maximum Gasteiger partial charge on any atom is 0.268 e. The summed E-state index contributed by atoms with van der Waals surface area (Å²) in [6.07, 6.45) is 0. The number of aromatic nitrogens is 1. The van der Waals surface area contributed by atoms with Gasteiger partial charge in [0.2, 0.25) is 0 Å². The highest BCUT2D eigenvalue weighted by Gasteiger charge is 2.13. The summed E-state index contributed by atoms with van der Waals surface area (Å²) in [4.78, 5) is 16.6. The minimum atomic E-state index is -0.486. The van der Waals surface area contributed by atoms with Gasteiger partial charge < -0.3 is 10.6 Å². The number of nitrogens with two attached hydrogens (primary N) is 1. The number of para-hydroxylation sites is 1. The second-order valence-electron chi connectivity index (χ2n) is 3.16. The van der Waals surface area contributed by atoms with E-state index in [1.807, 2.05) is 31.2 Å². The average molecular weight is 204 g/mol. The standard InChI is InChI=1S/C11H12N2O2/c1-2-15-13-9-6-4-3-5-8(9)7-10(13)11(12)14/h3-7H,2H2,1H3,(H2,12,14). The molecule has 2 rings (SSSR count). The van der Waals surface area contributed by atoms with Gasteiger partial charge in [-0.2, -0.15) is 4.73 Å². The summed E-state index contributed by atoms with van der Waals surface area (Å²) in [5, 5.41) is 0.944. The number of hydrogen-bond donors (Lipinski definition) is 1. The molecule has 15 heavy (non-hydrogen) atoms. The fourth-order valence-electron chi connectivity index (χ4n) is 1.57. The van der Waals surface area contributed by atoms with Gasteiger partial charge in [-0.15, -0.1) is 0 Å². The molecule has 4 heteroatoms. The molecular weight excluding hydrogens is 192 g/mol. The van der Waals surface area contributed by atoms with E-state index in [-0.39, 0.29) is 0 Å². The Hall–Kier alpha value is -1.97. The highest BCUT2D eigenvalue weighted by Crippen LogP contribution is 2.18. The van der Waals surface area contributed by atoms with Gasteiger partial charge in [0.05, 0.1) is 5.52 Å². The van der Waals surface area contributed by atoms with Crippen LogP contribution in [-0.2, 0) is 0 Å². The van der Waals surface area contributed by atoms with Crippen LogP contribution in [0.1, 0.15) is 17.4 Å². The lowest BCUT2D eigenvalue weighted by molar-refractivity contribution is 0.0908. The number of nitrogens with zero attached hydrogens (tertiary/aromatic N) is 1. The molecule has 0 fully saturated rings. The third kappa shape index (κ3) is 1.54. The van der Waals surface area contributed by atoms with Crippen molar-refractivity contribution in [2.45, 2.75) is 6.92 Å². The molecule has 0 aliphatic heterocycles. The SMILES string of the molecule is CCOn1c(C(N)=O)cc2ccccc21. The maximum atomic E-state index is 11.2. The van der Waals surface area contributed by atoms with Crippen LogP contribution in [0.2, 0.25) is 0 Å². The molecule has 1 amide bonds. The van der Waals surface area contributed by atoms with Crippen LogP contribution < -0.4 is 10.6 Å². The van der Waals surface area contributed by atoms with E-state index in [9.17, 15) is 4.79 Å². The van der Waals surface area contributed by atoms with E-state index in [0.29, 0.717) is 12.3 Å². The molecule has 0 radical (unpaired) electrons. The summed E-state index contributed by atoms with van der Waals surface area (Å²) in [5.41, 5.74) is 6.50. The molecule has 1 aromatic carbocycles. The number of carbonyl (C=O) groups excluding carboxylic acids is 1. The van der Waals surface area contributed by atoms with Gasteiger partial charge >= 0.3 is 0 Å². The number of hydrogen-bond acceptors (Lipinski definition) is 2. The Morgan fingerprint density at radius 1 is 1.47 bits per heavy atom. The number of benzene rings is 1. The van der Waals surface area contributed by atoms with Crippen molar-refractivity contribution >= 4 is 16.8 Å². The molecule has 0 spiro atoms. The van der Waals surface area contributed by atoms with Crippen molar-refractivity contribution in [2.75, 3.05) is 6.61 Å². The zero-order valence-electron chi connectivity index (χ0n) is 8.43. The van der Waals surface area contributed by atoms with Crippen LogP contribution in [0.3, 0.4) is 0 Å².